The van der Waals surface area contributed by atoms with Crippen molar-refractivity contribution in [2.24, 2.45) is 0 Å². The van der Waals surface area contributed by atoms with Gasteiger partial charge >= 0.3 is 5.97 Å². The molecular formula is C21H27N3O4S2. The van der Waals surface area contributed by atoms with Crippen LogP contribution in [0.25, 0.3) is 0 Å². The van der Waals surface area contributed by atoms with Gasteiger partial charge in [0.05, 0.1) is 18.5 Å². The molecule has 1 fully saturated rings. The maximum absolute atomic E-state index is 12.2. The molecule has 1 aromatic carbocycles. The lowest BCUT2D eigenvalue weighted by Gasteiger charge is -2.33. The highest BCUT2D eigenvalue weighted by molar-refractivity contribution is 8.01. The van der Waals surface area contributed by atoms with Crippen LogP contribution in [0.3, 0.4) is 0 Å². The average Bonchev–Trinajstić information content (AvgIpc) is 3.09. The largest absolute Gasteiger partial charge is 0.476 e. The number of morpholine rings is 1. The van der Waals surface area contributed by atoms with Crippen LogP contribution in [0.15, 0.2) is 22.5 Å². The maximum atomic E-state index is 12.2. The normalized spacial score (nSPS) is 17.1. The fourth-order valence-corrected chi connectivity index (χ4v) is 5.17. The van der Waals surface area contributed by atoms with Crippen LogP contribution in [0.1, 0.15) is 32.1 Å². The number of carboxylic acid groups (broad SMARTS) is 1. The molecule has 1 amide bonds. The number of nitrogens with zero attached hydrogens (tertiary/aromatic N) is 2. The van der Waals surface area contributed by atoms with Gasteiger partial charge in [-0.05, 0) is 37.5 Å². The summed E-state index contributed by atoms with van der Waals surface area (Å²) in [6, 6.07) is 6.56. The lowest BCUT2D eigenvalue weighted by Crippen LogP contribution is -2.47. The van der Waals surface area contributed by atoms with Crippen molar-refractivity contribution >= 4 is 35.0 Å². The van der Waals surface area contributed by atoms with Crippen molar-refractivity contribution < 1.29 is 19.4 Å². The van der Waals surface area contributed by atoms with Crippen LogP contribution in [0.5, 0.6) is 0 Å². The molecule has 1 aliphatic rings. The van der Waals surface area contributed by atoms with Crippen LogP contribution in [-0.4, -0.2) is 65.0 Å². The van der Waals surface area contributed by atoms with E-state index in [1.54, 1.807) is 6.92 Å². The molecule has 0 bridgehead atoms. The van der Waals surface area contributed by atoms with Crippen LogP contribution in [0.2, 0.25) is 0 Å². The molecule has 1 aliphatic heterocycles. The third kappa shape index (κ3) is 6.28. The summed E-state index contributed by atoms with van der Waals surface area (Å²) < 4.78 is 6.40. The van der Waals surface area contributed by atoms with E-state index < -0.39 is 5.97 Å². The van der Waals surface area contributed by atoms with E-state index in [4.69, 9.17) is 9.84 Å². The Morgan fingerprint density at radius 2 is 2.13 bits per heavy atom. The van der Waals surface area contributed by atoms with Gasteiger partial charge < -0.3 is 15.2 Å². The molecule has 2 aromatic rings. The van der Waals surface area contributed by atoms with Crippen LogP contribution in [-0.2, 0) is 16.1 Å². The van der Waals surface area contributed by atoms with E-state index in [1.165, 1.54) is 39.8 Å². The van der Waals surface area contributed by atoms with Gasteiger partial charge in [0, 0.05) is 31.1 Å². The van der Waals surface area contributed by atoms with Gasteiger partial charge in [-0.2, -0.15) is 0 Å². The highest BCUT2D eigenvalue weighted by Crippen LogP contribution is 2.26. The minimum absolute atomic E-state index is 0.0417. The Balaban J connectivity index is 1.42. The number of rotatable bonds is 8. The molecule has 1 unspecified atom stereocenters. The van der Waals surface area contributed by atoms with Crippen molar-refractivity contribution in [1.82, 2.24) is 15.2 Å². The molecule has 1 aromatic heterocycles. The van der Waals surface area contributed by atoms with E-state index in [1.807, 2.05) is 0 Å². The summed E-state index contributed by atoms with van der Waals surface area (Å²) in [6.45, 7) is 9.60. The molecule has 162 valence electrons. The van der Waals surface area contributed by atoms with E-state index in [2.05, 4.69) is 47.2 Å². The minimum atomic E-state index is -1.04. The zero-order valence-corrected chi connectivity index (χ0v) is 19.1. The maximum Gasteiger partial charge on any atom is 0.355 e. The van der Waals surface area contributed by atoms with E-state index in [9.17, 15) is 9.59 Å². The van der Waals surface area contributed by atoms with E-state index in [0.29, 0.717) is 22.4 Å². The van der Waals surface area contributed by atoms with Crippen molar-refractivity contribution in [2.45, 2.75) is 37.8 Å². The molecule has 7 nitrogen and oxygen atoms in total. The van der Waals surface area contributed by atoms with Gasteiger partial charge in [-0.25, -0.2) is 9.78 Å². The van der Waals surface area contributed by atoms with Gasteiger partial charge in [-0.1, -0.05) is 30.0 Å². The SMILES string of the molecule is Cc1ccc(CN2CCOC(CNC(=O)CSc3nc(C(=O)O)c(C)s3)C2)cc1C. The Bertz CT molecular complexity index is 916. The summed E-state index contributed by atoms with van der Waals surface area (Å²) >= 11 is 2.55. The van der Waals surface area contributed by atoms with E-state index in [-0.39, 0.29) is 23.5 Å². The molecular weight excluding hydrogens is 422 g/mol. The lowest BCUT2D eigenvalue weighted by atomic mass is 10.1. The number of hydrogen-bond acceptors (Lipinski definition) is 7. The molecule has 30 heavy (non-hydrogen) atoms. The van der Waals surface area contributed by atoms with Crippen molar-refractivity contribution in [3.05, 3.63) is 45.5 Å². The number of nitrogens with one attached hydrogen (secondary N) is 1. The predicted molar refractivity (Wildman–Crippen MR) is 118 cm³/mol. The summed E-state index contributed by atoms with van der Waals surface area (Å²) in [7, 11) is 0. The molecule has 0 aliphatic carbocycles. The second kappa shape index (κ2) is 10.4. The molecule has 3 rings (SSSR count). The summed E-state index contributed by atoms with van der Waals surface area (Å²) in [5.74, 6) is -0.954. The fraction of sp³-hybridized carbons (Fsp3) is 0.476. The molecule has 0 radical (unpaired) electrons. The van der Waals surface area contributed by atoms with E-state index in [0.717, 1.165) is 19.6 Å². The molecule has 0 spiro atoms. The Labute approximate surface area is 184 Å². The van der Waals surface area contributed by atoms with Gasteiger partial charge in [-0.15, -0.1) is 11.3 Å². The highest BCUT2D eigenvalue weighted by atomic mass is 32.2. The lowest BCUT2D eigenvalue weighted by molar-refractivity contribution is -0.119. The molecule has 2 heterocycles. The Hall–Kier alpha value is -1.94. The summed E-state index contributed by atoms with van der Waals surface area (Å²) in [5.41, 5.74) is 3.94. The Kier molecular flexibility index (Phi) is 7.87. The first kappa shape index (κ1) is 22.7. The number of carbonyl (C=O) groups is 2. The van der Waals surface area contributed by atoms with Crippen LogP contribution in [0, 0.1) is 20.8 Å². The first-order valence-electron chi connectivity index (χ1n) is 9.82. The minimum Gasteiger partial charge on any atom is -0.476 e. The quantitative estimate of drug-likeness (QED) is 0.599. The third-order valence-electron chi connectivity index (χ3n) is 5.03. The number of hydrogen-bond donors (Lipinski definition) is 2. The Morgan fingerprint density at radius 1 is 1.33 bits per heavy atom. The number of thioether (sulfide) groups is 1. The summed E-state index contributed by atoms with van der Waals surface area (Å²) in [4.78, 5) is 30.3. The van der Waals surface area contributed by atoms with Crippen molar-refractivity contribution in [2.75, 3.05) is 32.0 Å². The van der Waals surface area contributed by atoms with E-state index >= 15 is 0 Å². The zero-order valence-electron chi connectivity index (χ0n) is 17.4. The van der Waals surface area contributed by atoms with Gasteiger partial charge in [-0.3, -0.25) is 9.69 Å². The smallest absolute Gasteiger partial charge is 0.355 e. The molecule has 1 atom stereocenters. The van der Waals surface area contributed by atoms with Gasteiger partial charge in [0.25, 0.3) is 0 Å². The highest BCUT2D eigenvalue weighted by Gasteiger charge is 2.21. The first-order chi connectivity index (χ1) is 14.3. The van der Waals surface area contributed by atoms with Gasteiger partial charge in [0.1, 0.15) is 0 Å². The van der Waals surface area contributed by atoms with Gasteiger partial charge in [0.2, 0.25) is 5.91 Å². The van der Waals surface area contributed by atoms with Crippen molar-refractivity contribution in [1.29, 1.82) is 0 Å². The van der Waals surface area contributed by atoms with Crippen molar-refractivity contribution in [3.8, 4) is 0 Å². The number of benzene rings is 1. The number of aryl methyl sites for hydroxylation is 3. The fourth-order valence-electron chi connectivity index (χ4n) is 3.25. The predicted octanol–water partition coefficient (Wildman–Crippen LogP) is 2.88. The Morgan fingerprint density at radius 3 is 2.83 bits per heavy atom. The van der Waals surface area contributed by atoms with Gasteiger partial charge in [0.15, 0.2) is 10.0 Å². The second-order valence-corrected chi connectivity index (χ2v) is 9.85. The number of carbonyl (C=O) groups excluding carboxylic acids is 1. The number of carboxylic acids is 1. The molecule has 2 N–H and O–H groups in total. The third-order valence-corrected chi connectivity index (χ3v) is 7.15. The number of thiazole rings is 1. The number of aromatic carboxylic acids is 1. The summed E-state index contributed by atoms with van der Waals surface area (Å²) in [5, 5.41) is 12.0. The van der Waals surface area contributed by atoms with Crippen molar-refractivity contribution in [3.63, 3.8) is 0 Å². The summed E-state index contributed by atoms with van der Waals surface area (Å²) in [6.07, 6.45) is -0.0417. The monoisotopic (exact) mass is 449 g/mol. The molecule has 0 saturated carbocycles. The van der Waals surface area contributed by atoms with Crippen LogP contribution < -0.4 is 5.32 Å². The standard InChI is InChI=1S/C21H27N3O4S2/c1-13-4-5-16(8-14(13)2)10-24-6-7-28-17(11-24)9-22-18(25)12-29-21-23-19(20(26)27)15(3)30-21/h4-5,8,17H,6-7,9-12H2,1-3H3,(H,22,25)(H,26,27). The number of aromatic nitrogens is 1. The molecule has 9 heteroatoms. The average molecular weight is 450 g/mol. The second-order valence-electron chi connectivity index (χ2n) is 7.43. The zero-order chi connectivity index (χ0) is 21.7. The molecule has 1 saturated heterocycles. The number of amides is 1. The topological polar surface area (TPSA) is 91.8 Å². The first-order valence-corrected chi connectivity index (χ1v) is 11.6. The van der Waals surface area contributed by atoms with Crippen LogP contribution in [0.4, 0.5) is 0 Å². The number of ether oxygens (including phenoxy) is 1. The van der Waals surface area contributed by atoms with Crippen LogP contribution >= 0.6 is 23.1 Å².